The Hall–Kier alpha value is -3.09. The van der Waals surface area contributed by atoms with E-state index in [-0.39, 0.29) is 11.8 Å². The van der Waals surface area contributed by atoms with E-state index in [1.807, 2.05) is 19.1 Å². The average Bonchev–Trinajstić information content (AvgIpc) is 3.38. The average molecular weight is 320 g/mol. The molecule has 4 rings (SSSR count). The Morgan fingerprint density at radius 3 is 2.79 bits per heavy atom. The predicted molar refractivity (Wildman–Crippen MR) is 88.9 cm³/mol. The van der Waals surface area contributed by atoms with Gasteiger partial charge in [0.05, 0.1) is 11.4 Å². The van der Waals surface area contributed by atoms with Gasteiger partial charge in [0.15, 0.2) is 0 Å². The molecule has 3 heterocycles. The molecule has 1 fully saturated rings. The van der Waals surface area contributed by atoms with Crippen molar-refractivity contribution in [1.82, 2.24) is 24.9 Å². The standard InChI is InChI=1S/C17H16N6O/c1-10-21-15(16(22-10)13-7-18-9-19-8-13)12-4-5-20-14(6-12)23-17(24)11-2-3-11/h4-9,11H,2-3H2,1H3,(H,21,22)(H,20,23,24). The Labute approximate surface area is 138 Å². The molecule has 0 radical (unpaired) electrons. The number of aromatic nitrogens is 5. The molecule has 0 unspecified atom stereocenters. The molecule has 1 saturated carbocycles. The van der Waals surface area contributed by atoms with E-state index in [1.165, 1.54) is 6.33 Å². The highest BCUT2D eigenvalue weighted by molar-refractivity contribution is 5.93. The van der Waals surface area contributed by atoms with Crippen LogP contribution in [0, 0.1) is 12.8 Å². The van der Waals surface area contributed by atoms with Gasteiger partial charge >= 0.3 is 0 Å². The van der Waals surface area contributed by atoms with Crippen LogP contribution in [0.2, 0.25) is 0 Å². The monoisotopic (exact) mass is 320 g/mol. The van der Waals surface area contributed by atoms with Crippen LogP contribution in [0.5, 0.6) is 0 Å². The highest BCUT2D eigenvalue weighted by atomic mass is 16.2. The van der Waals surface area contributed by atoms with Crippen LogP contribution in [0.1, 0.15) is 18.7 Å². The van der Waals surface area contributed by atoms with Gasteiger partial charge in [0.25, 0.3) is 0 Å². The summed E-state index contributed by atoms with van der Waals surface area (Å²) < 4.78 is 0. The van der Waals surface area contributed by atoms with Gasteiger partial charge in [-0.1, -0.05) is 0 Å². The minimum absolute atomic E-state index is 0.0390. The van der Waals surface area contributed by atoms with E-state index < -0.39 is 0 Å². The molecule has 24 heavy (non-hydrogen) atoms. The molecule has 3 aromatic heterocycles. The molecule has 0 atom stereocenters. The number of anilines is 1. The van der Waals surface area contributed by atoms with Gasteiger partial charge in [-0.05, 0) is 31.9 Å². The third-order valence-electron chi connectivity index (χ3n) is 3.90. The number of aromatic amines is 1. The second-order valence-corrected chi connectivity index (χ2v) is 5.87. The fraction of sp³-hybridized carbons (Fsp3) is 0.235. The number of aryl methyl sites for hydroxylation is 1. The Morgan fingerprint density at radius 1 is 1.25 bits per heavy atom. The summed E-state index contributed by atoms with van der Waals surface area (Å²) in [6.45, 7) is 1.90. The largest absolute Gasteiger partial charge is 0.342 e. The van der Waals surface area contributed by atoms with Crippen LogP contribution in [0.25, 0.3) is 22.5 Å². The summed E-state index contributed by atoms with van der Waals surface area (Å²) >= 11 is 0. The number of carbonyl (C=O) groups is 1. The SMILES string of the molecule is Cc1nc(-c2cncnc2)c(-c2ccnc(NC(=O)C3CC3)c2)[nH]1. The first kappa shape index (κ1) is 14.5. The second kappa shape index (κ2) is 5.84. The molecule has 0 bridgehead atoms. The Kier molecular flexibility index (Phi) is 3.53. The number of imidazole rings is 1. The fourth-order valence-electron chi connectivity index (χ4n) is 2.56. The lowest BCUT2D eigenvalue weighted by Gasteiger charge is -2.06. The summed E-state index contributed by atoms with van der Waals surface area (Å²) in [4.78, 5) is 32.1. The maximum absolute atomic E-state index is 11.9. The molecule has 3 aromatic rings. The summed E-state index contributed by atoms with van der Waals surface area (Å²) in [5.74, 6) is 1.52. The zero-order valence-electron chi connectivity index (χ0n) is 13.2. The maximum atomic E-state index is 11.9. The third kappa shape index (κ3) is 2.88. The number of nitrogens with one attached hydrogen (secondary N) is 2. The van der Waals surface area contributed by atoms with Gasteiger partial charge in [-0.3, -0.25) is 4.79 Å². The highest BCUT2D eigenvalue weighted by Gasteiger charge is 2.29. The van der Waals surface area contributed by atoms with Crippen molar-refractivity contribution >= 4 is 11.7 Å². The van der Waals surface area contributed by atoms with Gasteiger partial charge in [0.2, 0.25) is 5.91 Å². The molecular weight excluding hydrogens is 304 g/mol. The van der Waals surface area contributed by atoms with Gasteiger partial charge in [0.1, 0.15) is 18.0 Å². The quantitative estimate of drug-likeness (QED) is 0.770. The van der Waals surface area contributed by atoms with Crippen molar-refractivity contribution in [2.75, 3.05) is 5.32 Å². The van der Waals surface area contributed by atoms with E-state index in [2.05, 4.69) is 30.2 Å². The van der Waals surface area contributed by atoms with Crippen LogP contribution >= 0.6 is 0 Å². The lowest BCUT2D eigenvalue weighted by molar-refractivity contribution is -0.117. The number of carbonyl (C=O) groups excluding carboxylic acids is 1. The number of rotatable bonds is 4. The molecular formula is C17H16N6O. The van der Waals surface area contributed by atoms with Crippen LogP contribution in [0.3, 0.4) is 0 Å². The highest BCUT2D eigenvalue weighted by Crippen LogP contribution is 2.32. The summed E-state index contributed by atoms with van der Waals surface area (Å²) in [5.41, 5.74) is 3.36. The number of pyridine rings is 1. The van der Waals surface area contributed by atoms with Gasteiger partial charge in [0, 0.05) is 35.6 Å². The molecule has 0 saturated heterocycles. The van der Waals surface area contributed by atoms with Gasteiger partial charge < -0.3 is 10.3 Å². The van der Waals surface area contributed by atoms with E-state index in [0.717, 1.165) is 41.2 Å². The maximum Gasteiger partial charge on any atom is 0.228 e. The van der Waals surface area contributed by atoms with Gasteiger partial charge in [-0.25, -0.2) is 19.9 Å². The van der Waals surface area contributed by atoms with Crippen molar-refractivity contribution in [2.45, 2.75) is 19.8 Å². The molecule has 0 aliphatic heterocycles. The summed E-state index contributed by atoms with van der Waals surface area (Å²) in [6.07, 6.45) is 8.54. The van der Waals surface area contributed by atoms with Crippen LogP contribution in [0.15, 0.2) is 37.1 Å². The normalized spacial score (nSPS) is 13.7. The molecule has 1 aliphatic carbocycles. The minimum Gasteiger partial charge on any atom is -0.342 e. The zero-order chi connectivity index (χ0) is 16.5. The van der Waals surface area contributed by atoms with Crippen LogP contribution in [-0.2, 0) is 4.79 Å². The van der Waals surface area contributed by atoms with Gasteiger partial charge in [-0.2, -0.15) is 0 Å². The van der Waals surface area contributed by atoms with Gasteiger partial charge in [-0.15, -0.1) is 0 Å². The molecule has 1 amide bonds. The van der Waals surface area contributed by atoms with E-state index >= 15 is 0 Å². The van der Waals surface area contributed by atoms with E-state index in [0.29, 0.717) is 5.82 Å². The number of H-pyrrole nitrogens is 1. The van der Waals surface area contributed by atoms with E-state index in [9.17, 15) is 4.79 Å². The molecule has 0 aromatic carbocycles. The van der Waals surface area contributed by atoms with Crippen LogP contribution in [0.4, 0.5) is 5.82 Å². The molecule has 2 N–H and O–H groups in total. The first-order valence-electron chi connectivity index (χ1n) is 7.80. The molecule has 0 spiro atoms. The van der Waals surface area contributed by atoms with Crippen molar-refractivity contribution < 1.29 is 4.79 Å². The van der Waals surface area contributed by atoms with Crippen LogP contribution in [-0.4, -0.2) is 30.8 Å². The lowest BCUT2D eigenvalue weighted by atomic mass is 10.1. The molecule has 7 heteroatoms. The smallest absolute Gasteiger partial charge is 0.228 e. The first-order valence-corrected chi connectivity index (χ1v) is 7.80. The minimum atomic E-state index is 0.0390. The Bertz CT molecular complexity index is 885. The zero-order valence-corrected chi connectivity index (χ0v) is 13.2. The van der Waals surface area contributed by atoms with Crippen LogP contribution < -0.4 is 5.32 Å². The number of hydrogen-bond donors (Lipinski definition) is 2. The topological polar surface area (TPSA) is 96.4 Å². The number of hydrogen-bond acceptors (Lipinski definition) is 5. The Morgan fingerprint density at radius 2 is 2.04 bits per heavy atom. The summed E-state index contributed by atoms with van der Waals surface area (Å²) in [5, 5.41) is 2.87. The summed E-state index contributed by atoms with van der Waals surface area (Å²) in [7, 11) is 0. The number of nitrogens with zero attached hydrogens (tertiary/aromatic N) is 4. The van der Waals surface area contributed by atoms with E-state index in [1.54, 1.807) is 18.6 Å². The molecule has 7 nitrogen and oxygen atoms in total. The molecule has 1 aliphatic rings. The molecule has 120 valence electrons. The predicted octanol–water partition coefficient (Wildman–Crippen LogP) is 2.59. The Balaban J connectivity index is 1.70. The second-order valence-electron chi connectivity index (χ2n) is 5.87. The van der Waals surface area contributed by atoms with Crippen molar-refractivity contribution in [3.63, 3.8) is 0 Å². The fourth-order valence-corrected chi connectivity index (χ4v) is 2.56. The summed E-state index contributed by atoms with van der Waals surface area (Å²) in [6, 6.07) is 3.73. The van der Waals surface area contributed by atoms with Crippen molar-refractivity contribution in [3.05, 3.63) is 42.9 Å². The lowest BCUT2D eigenvalue weighted by Crippen LogP contribution is -2.14. The van der Waals surface area contributed by atoms with Crippen molar-refractivity contribution in [3.8, 4) is 22.5 Å². The van der Waals surface area contributed by atoms with Crippen molar-refractivity contribution in [1.29, 1.82) is 0 Å². The van der Waals surface area contributed by atoms with E-state index in [4.69, 9.17) is 0 Å². The third-order valence-corrected chi connectivity index (χ3v) is 3.90. The van der Waals surface area contributed by atoms with Crippen molar-refractivity contribution in [2.24, 2.45) is 5.92 Å². The first-order chi connectivity index (χ1) is 11.7. The number of amides is 1.